The zero-order valence-corrected chi connectivity index (χ0v) is 10.4. The van der Waals surface area contributed by atoms with Gasteiger partial charge in [0.05, 0.1) is 11.3 Å². The maximum absolute atomic E-state index is 12.2. The number of hydrogen-bond donors (Lipinski definition) is 0. The number of carbonyl (C=O) groups is 1. The van der Waals surface area contributed by atoms with Crippen molar-refractivity contribution in [2.45, 2.75) is 38.0 Å². The lowest BCUT2D eigenvalue weighted by molar-refractivity contribution is -0.122. The molecular weight excluding hydrogens is 220 g/mol. The predicted molar refractivity (Wildman–Crippen MR) is 67.1 cm³/mol. The molecule has 0 unspecified atom stereocenters. The molecule has 0 amide bonds. The maximum Gasteiger partial charge on any atom is 0.158 e. The zero-order chi connectivity index (χ0) is 11.6. The first-order valence-corrected chi connectivity index (χ1v) is 6.39. The molecule has 1 nitrogen and oxygen atoms in total. The lowest BCUT2D eigenvalue weighted by atomic mass is 9.74. The second-order valence-corrected chi connectivity index (χ2v) is 4.93. The second-order valence-electron chi connectivity index (χ2n) is 4.66. The van der Waals surface area contributed by atoms with Crippen LogP contribution in [0, 0.1) is 6.92 Å². The fraction of sp³-hybridized carbons (Fsp3) is 0.500. The summed E-state index contributed by atoms with van der Waals surface area (Å²) in [6, 6.07) is 8.21. The molecule has 1 aliphatic rings. The van der Waals surface area contributed by atoms with Crippen molar-refractivity contribution in [3.8, 4) is 0 Å². The fourth-order valence-corrected chi connectivity index (χ4v) is 3.17. The number of Topliss-reactive ketones (excluding diaryl/α,β-unsaturated/α-hetero) is 1. The average Bonchev–Trinajstić information content (AvgIpc) is 2.79. The molecule has 0 saturated heterocycles. The van der Waals surface area contributed by atoms with E-state index >= 15 is 0 Å². The van der Waals surface area contributed by atoms with Crippen LogP contribution in [-0.2, 0) is 10.2 Å². The number of halogens is 1. The van der Waals surface area contributed by atoms with E-state index in [1.807, 2.05) is 12.1 Å². The van der Waals surface area contributed by atoms with Gasteiger partial charge in [0.25, 0.3) is 0 Å². The molecule has 1 aliphatic carbocycles. The number of rotatable bonds is 3. The molecule has 86 valence electrons. The monoisotopic (exact) mass is 236 g/mol. The number of aryl methyl sites for hydroxylation is 1. The Morgan fingerprint density at radius 3 is 2.50 bits per heavy atom. The highest BCUT2D eigenvalue weighted by molar-refractivity contribution is 6.29. The van der Waals surface area contributed by atoms with Gasteiger partial charge in [0.2, 0.25) is 0 Å². The van der Waals surface area contributed by atoms with Gasteiger partial charge in [-0.05, 0) is 30.9 Å². The lowest BCUT2D eigenvalue weighted by Crippen LogP contribution is -2.34. The molecule has 2 rings (SSSR count). The SMILES string of the molecule is Cc1ccccc1C1(C(=O)CCl)CCCC1. The molecule has 0 N–H and O–H groups in total. The number of hydrogen-bond acceptors (Lipinski definition) is 1. The van der Waals surface area contributed by atoms with Crippen molar-refractivity contribution in [1.82, 2.24) is 0 Å². The molecule has 0 aromatic heterocycles. The van der Waals surface area contributed by atoms with E-state index in [0.717, 1.165) is 25.7 Å². The molecule has 2 heteroatoms. The first-order valence-electron chi connectivity index (χ1n) is 5.86. The van der Waals surface area contributed by atoms with E-state index in [0.29, 0.717) is 0 Å². The van der Waals surface area contributed by atoms with Crippen LogP contribution < -0.4 is 0 Å². The van der Waals surface area contributed by atoms with Gasteiger partial charge in [0, 0.05) is 0 Å². The topological polar surface area (TPSA) is 17.1 Å². The Balaban J connectivity index is 2.48. The van der Waals surface area contributed by atoms with Gasteiger partial charge in [-0.15, -0.1) is 11.6 Å². The van der Waals surface area contributed by atoms with Crippen LogP contribution in [-0.4, -0.2) is 11.7 Å². The average molecular weight is 237 g/mol. The number of benzene rings is 1. The number of alkyl halides is 1. The van der Waals surface area contributed by atoms with E-state index in [1.54, 1.807) is 0 Å². The van der Waals surface area contributed by atoms with E-state index in [9.17, 15) is 4.79 Å². The largest absolute Gasteiger partial charge is 0.297 e. The molecule has 16 heavy (non-hydrogen) atoms. The Bertz CT molecular complexity index is 391. The zero-order valence-electron chi connectivity index (χ0n) is 9.63. The molecule has 1 fully saturated rings. The van der Waals surface area contributed by atoms with Crippen molar-refractivity contribution >= 4 is 17.4 Å². The Hall–Kier alpha value is -0.820. The summed E-state index contributed by atoms with van der Waals surface area (Å²) < 4.78 is 0. The van der Waals surface area contributed by atoms with Crippen molar-refractivity contribution in [2.24, 2.45) is 0 Å². The quantitative estimate of drug-likeness (QED) is 0.733. The molecule has 1 aromatic rings. The predicted octanol–water partition coefficient (Wildman–Crippen LogP) is 3.61. The van der Waals surface area contributed by atoms with Crippen LogP contribution >= 0.6 is 11.6 Å². The lowest BCUT2D eigenvalue weighted by Gasteiger charge is -2.28. The van der Waals surface area contributed by atoms with E-state index in [1.165, 1.54) is 11.1 Å². The fourth-order valence-electron chi connectivity index (χ4n) is 2.91. The molecule has 0 spiro atoms. The van der Waals surface area contributed by atoms with Crippen molar-refractivity contribution in [3.05, 3.63) is 35.4 Å². The van der Waals surface area contributed by atoms with Crippen LogP contribution in [0.25, 0.3) is 0 Å². The Labute approximate surface area is 102 Å². The minimum absolute atomic E-state index is 0.133. The van der Waals surface area contributed by atoms with Gasteiger partial charge in [-0.2, -0.15) is 0 Å². The highest BCUT2D eigenvalue weighted by Gasteiger charge is 2.42. The van der Waals surface area contributed by atoms with Crippen LogP contribution in [0.1, 0.15) is 36.8 Å². The van der Waals surface area contributed by atoms with Crippen LogP contribution in [0.5, 0.6) is 0 Å². The van der Waals surface area contributed by atoms with Crippen molar-refractivity contribution < 1.29 is 4.79 Å². The van der Waals surface area contributed by atoms with Crippen molar-refractivity contribution in [1.29, 1.82) is 0 Å². The van der Waals surface area contributed by atoms with Gasteiger partial charge in [-0.25, -0.2) is 0 Å². The molecular formula is C14H17ClO. The first kappa shape index (κ1) is 11.7. The van der Waals surface area contributed by atoms with Gasteiger partial charge >= 0.3 is 0 Å². The molecule has 1 aromatic carbocycles. The van der Waals surface area contributed by atoms with Crippen molar-refractivity contribution in [2.75, 3.05) is 5.88 Å². The van der Waals surface area contributed by atoms with E-state index in [2.05, 4.69) is 19.1 Å². The summed E-state index contributed by atoms with van der Waals surface area (Å²) in [6.07, 6.45) is 4.20. The van der Waals surface area contributed by atoms with E-state index in [4.69, 9.17) is 11.6 Å². The minimum Gasteiger partial charge on any atom is -0.297 e. The third kappa shape index (κ3) is 1.78. The summed E-state index contributed by atoms with van der Waals surface area (Å²) in [5.41, 5.74) is 2.12. The summed E-state index contributed by atoms with van der Waals surface area (Å²) in [4.78, 5) is 12.2. The maximum atomic E-state index is 12.2. The summed E-state index contributed by atoms with van der Waals surface area (Å²) in [5.74, 6) is 0.329. The van der Waals surface area contributed by atoms with Crippen LogP contribution in [0.15, 0.2) is 24.3 Å². The highest BCUT2D eigenvalue weighted by Crippen LogP contribution is 2.43. The summed E-state index contributed by atoms with van der Waals surface area (Å²) in [6.45, 7) is 2.08. The molecule has 0 atom stereocenters. The van der Waals surface area contributed by atoms with Crippen LogP contribution in [0.2, 0.25) is 0 Å². The second kappa shape index (κ2) is 4.58. The summed E-state index contributed by atoms with van der Waals surface area (Å²) in [5, 5.41) is 0. The molecule has 0 heterocycles. The van der Waals surface area contributed by atoms with Crippen molar-refractivity contribution in [3.63, 3.8) is 0 Å². The van der Waals surface area contributed by atoms with Crippen LogP contribution in [0.3, 0.4) is 0 Å². The van der Waals surface area contributed by atoms with Gasteiger partial charge < -0.3 is 0 Å². The third-order valence-corrected chi connectivity index (χ3v) is 4.02. The van der Waals surface area contributed by atoms with Gasteiger partial charge in [-0.3, -0.25) is 4.79 Å². The molecule has 1 saturated carbocycles. The smallest absolute Gasteiger partial charge is 0.158 e. The summed E-state index contributed by atoms with van der Waals surface area (Å²) >= 11 is 5.77. The van der Waals surface area contributed by atoms with E-state index < -0.39 is 0 Å². The molecule has 0 bridgehead atoms. The number of ketones is 1. The van der Waals surface area contributed by atoms with Crippen LogP contribution in [0.4, 0.5) is 0 Å². The Morgan fingerprint density at radius 1 is 1.31 bits per heavy atom. The molecule has 0 aliphatic heterocycles. The van der Waals surface area contributed by atoms with Gasteiger partial charge in [0.15, 0.2) is 5.78 Å². The molecule has 0 radical (unpaired) electrons. The van der Waals surface area contributed by atoms with E-state index in [-0.39, 0.29) is 17.1 Å². The Kier molecular flexibility index (Phi) is 3.34. The number of carbonyl (C=O) groups excluding carboxylic acids is 1. The normalized spacial score (nSPS) is 18.6. The van der Waals surface area contributed by atoms with Gasteiger partial charge in [-0.1, -0.05) is 37.1 Å². The minimum atomic E-state index is -0.285. The summed E-state index contributed by atoms with van der Waals surface area (Å²) in [7, 11) is 0. The Morgan fingerprint density at radius 2 is 1.94 bits per heavy atom. The van der Waals surface area contributed by atoms with Gasteiger partial charge in [0.1, 0.15) is 0 Å². The first-order chi connectivity index (χ1) is 7.70. The third-order valence-electron chi connectivity index (χ3n) is 3.77. The highest BCUT2D eigenvalue weighted by atomic mass is 35.5. The standard InChI is InChI=1S/C14H17ClO/c1-11-6-2-3-7-12(11)14(13(16)10-15)8-4-5-9-14/h2-3,6-7H,4-5,8-10H2,1H3.